The fourth-order valence-electron chi connectivity index (χ4n) is 5.22. The van der Waals surface area contributed by atoms with Crippen LogP contribution in [0.25, 0.3) is 0 Å². The molecule has 9 nitrogen and oxygen atoms in total. The van der Waals surface area contributed by atoms with E-state index in [0.29, 0.717) is 26.2 Å². The van der Waals surface area contributed by atoms with E-state index in [1.807, 2.05) is 41.8 Å². The third-order valence-electron chi connectivity index (χ3n) is 7.13. The number of hydrogen-bond donors (Lipinski definition) is 0. The van der Waals surface area contributed by atoms with Gasteiger partial charge in [0.25, 0.3) is 0 Å². The maximum absolute atomic E-state index is 13.2. The lowest BCUT2D eigenvalue weighted by molar-refractivity contribution is -0.143. The van der Waals surface area contributed by atoms with Crippen LogP contribution < -0.4 is 4.90 Å². The number of anilines is 1. The fraction of sp³-hybridized carbons (Fsp3) is 0.739. The Labute approximate surface area is 190 Å². The van der Waals surface area contributed by atoms with Gasteiger partial charge in [0, 0.05) is 70.9 Å². The van der Waals surface area contributed by atoms with Crippen molar-refractivity contribution >= 4 is 23.4 Å². The van der Waals surface area contributed by atoms with Gasteiger partial charge in [-0.3, -0.25) is 24.0 Å². The van der Waals surface area contributed by atoms with Gasteiger partial charge in [0.05, 0.1) is 17.9 Å². The molecule has 9 heteroatoms. The van der Waals surface area contributed by atoms with Gasteiger partial charge in [-0.1, -0.05) is 13.8 Å². The number of hydrogen-bond acceptors (Lipinski definition) is 5. The number of piperazine rings is 1. The lowest BCUT2D eigenvalue weighted by Crippen LogP contribution is -2.59. The van der Waals surface area contributed by atoms with Gasteiger partial charge in [0.2, 0.25) is 17.7 Å². The van der Waals surface area contributed by atoms with Crippen molar-refractivity contribution in [2.75, 3.05) is 50.7 Å². The second-order valence-electron chi connectivity index (χ2n) is 9.64. The molecular weight excluding hydrogens is 408 g/mol. The van der Waals surface area contributed by atoms with E-state index in [1.54, 1.807) is 10.9 Å². The first-order valence-corrected chi connectivity index (χ1v) is 12.0. The fourth-order valence-corrected chi connectivity index (χ4v) is 5.22. The SMILES string of the molecule is CC(C)C(=O)N1CCC(C(=O)N2CCN([C@H]3CCCN(c4cnn(C)c4)C3=O)CC2)CC1. The molecular formula is C23H36N6O3. The van der Waals surface area contributed by atoms with Crippen LogP contribution in [0.2, 0.25) is 0 Å². The Kier molecular flexibility index (Phi) is 6.83. The minimum Gasteiger partial charge on any atom is -0.342 e. The van der Waals surface area contributed by atoms with Crippen LogP contribution in [0.15, 0.2) is 12.4 Å². The number of rotatable bonds is 4. The summed E-state index contributed by atoms with van der Waals surface area (Å²) in [6, 6.07) is -0.119. The van der Waals surface area contributed by atoms with E-state index >= 15 is 0 Å². The van der Waals surface area contributed by atoms with Crippen LogP contribution in [0.1, 0.15) is 39.5 Å². The molecule has 176 valence electrons. The van der Waals surface area contributed by atoms with Gasteiger partial charge in [-0.15, -0.1) is 0 Å². The van der Waals surface area contributed by atoms with Gasteiger partial charge in [-0.25, -0.2) is 0 Å². The number of aryl methyl sites for hydroxylation is 1. The van der Waals surface area contributed by atoms with Crippen molar-refractivity contribution in [2.45, 2.75) is 45.6 Å². The highest BCUT2D eigenvalue weighted by Crippen LogP contribution is 2.26. The van der Waals surface area contributed by atoms with E-state index in [4.69, 9.17) is 0 Å². The molecule has 3 saturated heterocycles. The first-order valence-electron chi connectivity index (χ1n) is 12.0. The van der Waals surface area contributed by atoms with Gasteiger partial charge in [0.15, 0.2) is 0 Å². The number of likely N-dealkylation sites (tertiary alicyclic amines) is 1. The molecule has 3 fully saturated rings. The molecule has 1 aromatic rings. The second-order valence-corrected chi connectivity index (χ2v) is 9.64. The Morgan fingerprint density at radius 1 is 0.969 bits per heavy atom. The lowest BCUT2D eigenvalue weighted by atomic mass is 9.94. The summed E-state index contributed by atoms with van der Waals surface area (Å²) in [5, 5.41) is 4.20. The molecule has 3 aliphatic rings. The number of carbonyl (C=O) groups is 3. The van der Waals surface area contributed by atoms with Crippen LogP contribution in [0, 0.1) is 11.8 Å². The highest BCUT2D eigenvalue weighted by Gasteiger charge is 2.37. The van der Waals surface area contributed by atoms with Crippen molar-refractivity contribution in [2.24, 2.45) is 18.9 Å². The minimum atomic E-state index is -0.119. The van der Waals surface area contributed by atoms with E-state index in [1.165, 1.54) is 0 Å². The van der Waals surface area contributed by atoms with Gasteiger partial charge in [-0.05, 0) is 25.7 Å². The van der Waals surface area contributed by atoms with E-state index in [-0.39, 0.29) is 35.6 Å². The number of aromatic nitrogens is 2. The second kappa shape index (κ2) is 9.60. The molecule has 32 heavy (non-hydrogen) atoms. The van der Waals surface area contributed by atoms with Crippen molar-refractivity contribution in [3.63, 3.8) is 0 Å². The standard InChI is InChI=1S/C23H36N6O3/c1-17(2)21(30)27-9-6-18(7-10-27)22(31)28-13-11-26(12-14-28)20-5-4-8-29(23(20)32)19-15-24-25(3)16-19/h15-18,20H,4-14H2,1-3H3/t20-/m0/s1. The molecule has 0 N–H and O–H groups in total. The zero-order valence-corrected chi connectivity index (χ0v) is 19.6. The first kappa shape index (κ1) is 22.8. The summed E-state index contributed by atoms with van der Waals surface area (Å²) in [6.45, 7) is 8.72. The lowest BCUT2D eigenvalue weighted by Gasteiger charge is -2.43. The van der Waals surface area contributed by atoms with Crippen LogP contribution in [0.3, 0.4) is 0 Å². The normalized spacial score (nSPS) is 23.8. The van der Waals surface area contributed by atoms with E-state index in [2.05, 4.69) is 10.00 Å². The molecule has 0 aromatic carbocycles. The molecule has 1 atom stereocenters. The Morgan fingerprint density at radius 3 is 2.25 bits per heavy atom. The Hall–Kier alpha value is -2.42. The quantitative estimate of drug-likeness (QED) is 0.691. The highest BCUT2D eigenvalue weighted by molar-refractivity contribution is 5.97. The zero-order chi connectivity index (χ0) is 22.8. The maximum atomic E-state index is 13.2. The Morgan fingerprint density at radius 2 is 1.66 bits per heavy atom. The van der Waals surface area contributed by atoms with Crippen LogP contribution >= 0.6 is 0 Å². The summed E-state index contributed by atoms with van der Waals surface area (Å²) in [5.74, 6) is 0.559. The topological polar surface area (TPSA) is 82.0 Å². The van der Waals surface area contributed by atoms with Gasteiger partial charge in [-0.2, -0.15) is 5.10 Å². The largest absolute Gasteiger partial charge is 0.342 e. The van der Waals surface area contributed by atoms with Crippen LogP contribution in [0.4, 0.5) is 5.69 Å². The third-order valence-corrected chi connectivity index (χ3v) is 7.13. The monoisotopic (exact) mass is 444 g/mol. The van der Waals surface area contributed by atoms with Crippen molar-refractivity contribution in [1.82, 2.24) is 24.5 Å². The molecule has 0 radical (unpaired) electrons. The minimum absolute atomic E-state index is 0.00639. The Bertz CT molecular complexity index is 837. The van der Waals surface area contributed by atoms with Gasteiger partial charge < -0.3 is 14.7 Å². The number of carbonyl (C=O) groups excluding carboxylic acids is 3. The summed E-state index contributed by atoms with van der Waals surface area (Å²) in [6.07, 6.45) is 6.97. The average Bonchev–Trinajstić information content (AvgIpc) is 3.24. The summed E-state index contributed by atoms with van der Waals surface area (Å²) >= 11 is 0. The maximum Gasteiger partial charge on any atom is 0.244 e. The molecule has 1 aromatic heterocycles. The molecule has 3 amide bonds. The third kappa shape index (κ3) is 4.67. The van der Waals surface area contributed by atoms with E-state index in [0.717, 1.165) is 51.0 Å². The van der Waals surface area contributed by atoms with Crippen LogP contribution in [-0.2, 0) is 21.4 Å². The predicted molar refractivity (Wildman–Crippen MR) is 121 cm³/mol. The molecule has 0 aliphatic carbocycles. The average molecular weight is 445 g/mol. The van der Waals surface area contributed by atoms with E-state index in [9.17, 15) is 14.4 Å². The number of amides is 3. The molecule has 4 heterocycles. The summed E-state index contributed by atoms with van der Waals surface area (Å²) in [7, 11) is 1.86. The predicted octanol–water partition coefficient (Wildman–Crippen LogP) is 0.954. The summed E-state index contributed by atoms with van der Waals surface area (Å²) in [4.78, 5) is 46.4. The van der Waals surface area contributed by atoms with Gasteiger partial charge in [0.1, 0.15) is 0 Å². The van der Waals surface area contributed by atoms with E-state index < -0.39 is 0 Å². The summed E-state index contributed by atoms with van der Waals surface area (Å²) in [5.41, 5.74) is 0.860. The smallest absolute Gasteiger partial charge is 0.244 e. The highest BCUT2D eigenvalue weighted by atomic mass is 16.2. The van der Waals surface area contributed by atoms with Gasteiger partial charge >= 0.3 is 0 Å². The molecule has 0 unspecified atom stereocenters. The molecule has 0 saturated carbocycles. The molecule has 3 aliphatic heterocycles. The number of piperidine rings is 2. The molecule has 0 bridgehead atoms. The van der Waals surface area contributed by atoms with Crippen molar-refractivity contribution in [3.05, 3.63) is 12.4 Å². The van der Waals surface area contributed by atoms with Crippen LogP contribution in [0.5, 0.6) is 0 Å². The van der Waals surface area contributed by atoms with Crippen LogP contribution in [-0.4, -0.2) is 94.1 Å². The van der Waals surface area contributed by atoms with Crippen molar-refractivity contribution in [1.29, 1.82) is 0 Å². The van der Waals surface area contributed by atoms with Crippen molar-refractivity contribution in [3.8, 4) is 0 Å². The molecule has 4 rings (SSSR count). The summed E-state index contributed by atoms with van der Waals surface area (Å²) < 4.78 is 1.72. The molecule has 0 spiro atoms. The number of nitrogens with zero attached hydrogens (tertiary/aromatic N) is 6. The van der Waals surface area contributed by atoms with Crippen molar-refractivity contribution < 1.29 is 14.4 Å². The zero-order valence-electron chi connectivity index (χ0n) is 19.6. The Balaban J connectivity index is 1.28. The first-order chi connectivity index (χ1) is 15.3.